The third-order valence-corrected chi connectivity index (χ3v) is 0. The predicted molar refractivity (Wildman–Crippen MR) is 59.7 cm³/mol. The maximum atomic E-state index is 8.53. The molecule has 0 aromatic rings. The summed E-state index contributed by atoms with van der Waals surface area (Å²) in [6, 6.07) is 0. The van der Waals surface area contributed by atoms with Crippen LogP contribution in [0.5, 0.6) is 0 Å². The van der Waals surface area contributed by atoms with Gasteiger partial charge in [-0.2, -0.15) is 0 Å². The fourth-order valence-corrected chi connectivity index (χ4v) is 0. The average molecular weight is 396 g/mol. The van der Waals surface area contributed by atoms with Crippen LogP contribution in [0.15, 0.2) is 0 Å². The van der Waals surface area contributed by atoms with Crippen LogP contribution in [0.1, 0.15) is 0 Å². The summed E-state index contributed by atoms with van der Waals surface area (Å²) in [4.78, 5) is 0. The normalized spacial score (nSPS) is 4.91. The molecule has 0 unspecified atom stereocenters. The smallest absolute Gasteiger partial charge is 0.871 e. The summed E-state index contributed by atoms with van der Waals surface area (Å²) in [5, 5.41) is 88.5. The van der Waals surface area contributed by atoms with E-state index in [9.17, 15) is 0 Å². The van der Waals surface area contributed by atoms with Crippen LogP contribution in [0.4, 0.5) is 0 Å². The minimum atomic E-state index is -2.67. The van der Waals surface area contributed by atoms with Crippen molar-refractivity contribution < 1.29 is 185 Å². The van der Waals surface area contributed by atoms with Gasteiger partial charge in [0.25, 0.3) is 0 Å². The van der Waals surface area contributed by atoms with Crippen molar-refractivity contribution in [3.8, 4) is 0 Å². The van der Waals surface area contributed by atoms with Crippen molar-refractivity contribution in [3.63, 3.8) is 0 Å². The monoisotopic (exact) mass is 396 g/mol. The molecule has 22 heavy (non-hydrogen) atoms. The van der Waals surface area contributed by atoms with E-state index in [1.165, 1.54) is 0 Å². The molecule has 0 amide bonds. The SMILES string of the molecule is O.O.O.O.OB(O)O.OB(O)O.OB(O)O.[K+].[K+].[O-]B([O-])O. The first-order valence-electron chi connectivity index (χ1n) is 3.05. The van der Waals surface area contributed by atoms with Crippen LogP contribution >= 0.6 is 0 Å². The Kier molecular flexibility index (Phi) is 164. The molecule has 18 N–H and O–H groups in total. The second-order valence-corrected chi connectivity index (χ2v) is 1.35. The second kappa shape index (κ2) is 56.5. The Morgan fingerprint density at radius 2 is 0.409 bits per heavy atom. The van der Waals surface area contributed by atoms with Crippen LogP contribution in [-0.4, -0.2) is 101 Å². The molecule has 0 bridgehead atoms. The fourth-order valence-electron chi connectivity index (χ4n) is 0. The van der Waals surface area contributed by atoms with E-state index >= 15 is 0 Å². The molecule has 16 nitrogen and oxygen atoms in total. The molecule has 0 aliphatic carbocycles. The molecule has 0 fully saturated rings. The first kappa shape index (κ1) is 64.1. The first-order chi connectivity index (χ1) is 6.93. The van der Waals surface area contributed by atoms with Crippen LogP contribution in [-0.2, 0) is 0 Å². The Labute approximate surface area is 210 Å². The molecule has 0 spiro atoms. The minimum Gasteiger partial charge on any atom is -0.871 e. The van der Waals surface area contributed by atoms with Crippen molar-refractivity contribution in [1.82, 2.24) is 0 Å². The largest absolute Gasteiger partial charge is 1.00 e. The van der Waals surface area contributed by atoms with Gasteiger partial charge in [0, 0.05) is 0 Å². The Morgan fingerprint density at radius 3 is 0.409 bits per heavy atom. The van der Waals surface area contributed by atoms with Crippen LogP contribution in [0.25, 0.3) is 0 Å². The summed E-state index contributed by atoms with van der Waals surface area (Å²) < 4.78 is 0. The Balaban J connectivity index is -0.00000001000. The van der Waals surface area contributed by atoms with Gasteiger partial charge in [-0.05, 0) is 0 Å². The topological polar surface area (TPSA) is 374 Å². The molecule has 0 aliphatic rings. The van der Waals surface area contributed by atoms with Crippen LogP contribution < -0.4 is 113 Å². The fraction of sp³-hybridized carbons (Fsp3) is 0. The van der Waals surface area contributed by atoms with Gasteiger partial charge in [0.05, 0.1) is 7.32 Å². The van der Waals surface area contributed by atoms with E-state index < -0.39 is 29.3 Å². The van der Waals surface area contributed by atoms with Crippen molar-refractivity contribution in [2.24, 2.45) is 0 Å². The summed E-state index contributed by atoms with van der Waals surface area (Å²) in [5.74, 6) is 0. The first-order valence-corrected chi connectivity index (χ1v) is 3.05. The van der Waals surface area contributed by atoms with Crippen molar-refractivity contribution in [2.45, 2.75) is 0 Å². The third kappa shape index (κ3) is 1310. The van der Waals surface area contributed by atoms with Crippen LogP contribution in [0, 0.1) is 0 Å². The Hall–Kier alpha value is 2.89. The number of hydrogen-bond donors (Lipinski definition) is 10. The molecule has 0 saturated carbocycles. The zero-order valence-corrected chi connectivity index (χ0v) is 17.8. The second-order valence-electron chi connectivity index (χ2n) is 1.35. The van der Waals surface area contributed by atoms with E-state index in [-0.39, 0.29) is 125 Å². The van der Waals surface area contributed by atoms with E-state index in [0.717, 1.165) is 0 Å². The van der Waals surface area contributed by atoms with Gasteiger partial charge in [-0.1, -0.05) is 0 Å². The summed E-state index contributed by atoms with van der Waals surface area (Å²) >= 11 is 0. The maximum absolute atomic E-state index is 8.53. The summed E-state index contributed by atoms with van der Waals surface area (Å²) in [6.07, 6.45) is 0. The molecular weight excluding hydrogens is 377 g/mol. The van der Waals surface area contributed by atoms with E-state index in [2.05, 4.69) is 0 Å². The van der Waals surface area contributed by atoms with Crippen LogP contribution in [0.2, 0.25) is 0 Å². The molecule has 128 valence electrons. The summed E-state index contributed by atoms with van der Waals surface area (Å²) in [6.45, 7) is 0. The van der Waals surface area contributed by atoms with Gasteiger partial charge in [-0.3, -0.25) is 0 Å². The molecule has 0 aliphatic heterocycles. The maximum Gasteiger partial charge on any atom is 1.00 e. The van der Waals surface area contributed by atoms with E-state index in [0.29, 0.717) is 0 Å². The van der Waals surface area contributed by atoms with Crippen molar-refractivity contribution in [1.29, 1.82) is 0 Å². The molecule has 0 aromatic carbocycles. The summed E-state index contributed by atoms with van der Waals surface area (Å²) in [7, 11) is -9.17. The van der Waals surface area contributed by atoms with Crippen molar-refractivity contribution in [2.75, 3.05) is 0 Å². The quantitative estimate of drug-likeness (QED) is 0.171. The zero-order valence-electron chi connectivity index (χ0n) is 11.6. The molecule has 0 radical (unpaired) electrons. The predicted octanol–water partition coefficient (Wildman–Crippen LogP) is -18.8. The molecule has 0 rings (SSSR count). The van der Waals surface area contributed by atoms with Crippen molar-refractivity contribution >= 4 is 29.3 Å². The van der Waals surface area contributed by atoms with Gasteiger partial charge in [-0.15, -0.1) is 0 Å². The van der Waals surface area contributed by atoms with E-state index in [1.54, 1.807) is 0 Å². The Bertz CT molecular complexity index is 67.1. The molecule has 0 atom stereocenters. The Morgan fingerprint density at radius 1 is 0.409 bits per heavy atom. The third-order valence-electron chi connectivity index (χ3n) is 0. The number of rotatable bonds is 0. The van der Waals surface area contributed by atoms with Gasteiger partial charge < -0.3 is 82.2 Å². The van der Waals surface area contributed by atoms with Gasteiger partial charge in [-0.25, -0.2) is 0 Å². The van der Waals surface area contributed by atoms with Gasteiger partial charge >= 0.3 is 125 Å². The molecule has 0 heterocycles. The van der Waals surface area contributed by atoms with Gasteiger partial charge in [0.2, 0.25) is 0 Å². The molecule has 0 aromatic heterocycles. The molecule has 0 saturated heterocycles. The van der Waals surface area contributed by atoms with Gasteiger partial charge in [0.15, 0.2) is 0 Å². The minimum absolute atomic E-state index is 0. The van der Waals surface area contributed by atoms with Crippen LogP contribution in [0.3, 0.4) is 0 Å². The van der Waals surface area contributed by atoms with E-state index in [1.807, 2.05) is 0 Å². The molecular formula is H18B4K2O16. The summed E-state index contributed by atoms with van der Waals surface area (Å²) in [5.41, 5.74) is 0. The van der Waals surface area contributed by atoms with Crippen molar-refractivity contribution in [3.05, 3.63) is 0 Å². The zero-order chi connectivity index (χ0) is 14.3. The standard InChI is InChI=1S/3BH3O3.BHO3.2K.4H2O/c4*2-1(3)4;;;;;;/h3*2-4H;2H;;;4*1H2/q;;;-2;2*+1;;;;. The van der Waals surface area contributed by atoms with Gasteiger partial charge in [0.1, 0.15) is 0 Å². The van der Waals surface area contributed by atoms with E-state index in [4.69, 9.17) is 60.3 Å². The number of hydrogen-bond acceptors (Lipinski definition) is 12. The average Bonchev–Trinajstić information content (AvgIpc) is 1.76. The molecule has 22 heteroatoms.